The Morgan fingerprint density at radius 2 is 1.87 bits per heavy atom. The van der Waals surface area contributed by atoms with Crippen molar-refractivity contribution < 1.29 is 4.79 Å². The third-order valence-corrected chi connectivity index (χ3v) is 7.19. The highest BCUT2D eigenvalue weighted by molar-refractivity contribution is 9.10. The average Bonchev–Trinajstić information content (AvgIpc) is 3.16. The molecule has 0 spiro atoms. The van der Waals surface area contributed by atoms with E-state index in [2.05, 4.69) is 35.6 Å². The highest BCUT2D eigenvalue weighted by Gasteiger charge is 2.62. The maximum atomic E-state index is 13.3. The van der Waals surface area contributed by atoms with E-state index >= 15 is 0 Å². The number of carbonyl (C=O) groups excluding carboxylic acids is 1. The zero-order valence-corrected chi connectivity index (χ0v) is 15.0. The first-order valence-electron chi connectivity index (χ1n) is 8.96. The molecule has 1 amide bonds. The van der Waals surface area contributed by atoms with Gasteiger partial charge in [-0.3, -0.25) is 4.79 Å². The Balaban J connectivity index is 1.53. The van der Waals surface area contributed by atoms with Gasteiger partial charge >= 0.3 is 0 Å². The van der Waals surface area contributed by atoms with Gasteiger partial charge < -0.3 is 4.90 Å². The Morgan fingerprint density at radius 1 is 1.17 bits per heavy atom. The summed E-state index contributed by atoms with van der Waals surface area (Å²) >= 11 is 3.39. The summed E-state index contributed by atoms with van der Waals surface area (Å²) in [6.07, 6.45) is 11.1. The van der Waals surface area contributed by atoms with Crippen molar-refractivity contribution in [3.05, 3.63) is 11.1 Å². The molecule has 1 aromatic rings. The smallest absolute Gasteiger partial charge is 0.228 e. The van der Waals surface area contributed by atoms with Crippen LogP contribution in [0.25, 0.3) is 0 Å². The zero-order valence-electron chi connectivity index (χ0n) is 13.4. The van der Waals surface area contributed by atoms with Gasteiger partial charge in [0.05, 0.1) is 11.0 Å². The van der Waals surface area contributed by atoms with Gasteiger partial charge in [-0.05, 0) is 79.1 Å². The van der Waals surface area contributed by atoms with Gasteiger partial charge in [0.25, 0.3) is 0 Å². The number of hydrogen-bond acceptors (Lipinski definition) is 3. The maximum absolute atomic E-state index is 13.3. The van der Waals surface area contributed by atoms with Gasteiger partial charge in [0, 0.05) is 13.1 Å². The third kappa shape index (κ3) is 2.06. The minimum Gasteiger partial charge on any atom is -0.342 e. The predicted molar refractivity (Wildman–Crippen MR) is 88.6 cm³/mol. The van der Waals surface area contributed by atoms with Crippen molar-refractivity contribution in [3.63, 3.8) is 0 Å². The van der Waals surface area contributed by atoms with Crippen LogP contribution in [0.2, 0.25) is 0 Å². The molecule has 4 atom stereocenters. The van der Waals surface area contributed by atoms with Crippen molar-refractivity contribution in [2.45, 2.75) is 56.9 Å². The molecule has 5 nitrogen and oxygen atoms in total. The number of aromatic nitrogens is 3. The first-order valence-corrected chi connectivity index (χ1v) is 9.75. The predicted octanol–water partition coefficient (Wildman–Crippen LogP) is 2.96. The summed E-state index contributed by atoms with van der Waals surface area (Å²) in [6.45, 7) is 1.94. The van der Waals surface area contributed by atoms with E-state index in [0.29, 0.717) is 22.5 Å². The Morgan fingerprint density at radius 3 is 2.48 bits per heavy atom. The molecule has 1 aromatic heterocycles. The fourth-order valence-corrected chi connectivity index (χ4v) is 6.72. The minimum absolute atomic E-state index is 0.0263. The fraction of sp³-hybridized carbons (Fsp3) is 0.824. The third-order valence-electron chi connectivity index (χ3n) is 6.83. The highest BCUT2D eigenvalue weighted by Crippen LogP contribution is 2.64. The molecule has 124 valence electrons. The molecule has 1 saturated heterocycles. The lowest BCUT2D eigenvalue weighted by Gasteiger charge is -2.61. The number of halogens is 1. The molecule has 5 aliphatic rings. The van der Waals surface area contributed by atoms with Crippen LogP contribution in [0.1, 0.15) is 51.4 Å². The molecule has 6 rings (SSSR count). The Hall–Kier alpha value is -0.910. The molecule has 6 heteroatoms. The largest absolute Gasteiger partial charge is 0.342 e. The molecule has 4 bridgehead atoms. The first-order chi connectivity index (χ1) is 11.1. The van der Waals surface area contributed by atoms with Gasteiger partial charge in [-0.1, -0.05) is 0 Å². The number of hydrogen-bond donors (Lipinski definition) is 0. The summed E-state index contributed by atoms with van der Waals surface area (Å²) in [6, 6.07) is 0. The zero-order chi connectivity index (χ0) is 15.7. The van der Waals surface area contributed by atoms with Gasteiger partial charge in [-0.2, -0.15) is 0 Å². The average molecular weight is 379 g/mol. The quantitative estimate of drug-likeness (QED) is 0.794. The van der Waals surface area contributed by atoms with E-state index in [9.17, 15) is 4.79 Å². The SMILES string of the molecule is O=C(N1CCCC1)C12C[C@H]3C[C@@H](C1)CC(n1cnc(Br)n1)(C3)C2. The number of likely N-dealkylation sites (tertiary alicyclic amines) is 1. The van der Waals surface area contributed by atoms with Gasteiger partial charge in [-0.25, -0.2) is 9.67 Å². The number of nitrogens with zero attached hydrogens (tertiary/aromatic N) is 4. The van der Waals surface area contributed by atoms with E-state index in [1.165, 1.54) is 32.1 Å². The second-order valence-electron chi connectivity index (χ2n) is 8.42. The summed E-state index contributed by atoms with van der Waals surface area (Å²) in [4.78, 5) is 19.8. The van der Waals surface area contributed by atoms with Crippen LogP contribution in [0.15, 0.2) is 11.1 Å². The van der Waals surface area contributed by atoms with Crippen molar-refractivity contribution in [1.82, 2.24) is 19.7 Å². The molecule has 4 saturated carbocycles. The molecule has 23 heavy (non-hydrogen) atoms. The lowest BCUT2D eigenvalue weighted by atomic mass is 9.46. The summed E-state index contributed by atoms with van der Waals surface area (Å²) in [5.41, 5.74) is -0.0919. The van der Waals surface area contributed by atoms with Crippen LogP contribution in [0, 0.1) is 17.3 Å². The van der Waals surface area contributed by atoms with Crippen LogP contribution in [0.5, 0.6) is 0 Å². The van der Waals surface area contributed by atoms with Gasteiger partial charge in [-0.15, -0.1) is 5.10 Å². The maximum Gasteiger partial charge on any atom is 0.228 e. The summed E-state index contributed by atoms with van der Waals surface area (Å²) < 4.78 is 2.74. The second-order valence-corrected chi connectivity index (χ2v) is 9.13. The topological polar surface area (TPSA) is 51.0 Å². The van der Waals surface area contributed by atoms with E-state index in [-0.39, 0.29) is 11.0 Å². The second kappa shape index (κ2) is 4.80. The highest BCUT2D eigenvalue weighted by atomic mass is 79.9. The van der Waals surface area contributed by atoms with Crippen LogP contribution >= 0.6 is 15.9 Å². The summed E-state index contributed by atoms with van der Waals surface area (Å²) in [5.74, 6) is 1.82. The normalized spacial score (nSPS) is 41.7. The monoisotopic (exact) mass is 378 g/mol. The first kappa shape index (κ1) is 14.4. The Bertz CT molecular complexity index is 637. The van der Waals surface area contributed by atoms with Crippen LogP contribution in [0.4, 0.5) is 0 Å². The molecule has 0 N–H and O–H groups in total. The number of carbonyl (C=O) groups is 1. The van der Waals surface area contributed by atoms with Gasteiger partial charge in [0.15, 0.2) is 0 Å². The van der Waals surface area contributed by atoms with E-state index in [0.717, 1.165) is 32.4 Å². The molecule has 1 aliphatic heterocycles. The summed E-state index contributed by atoms with van der Waals surface area (Å²) in [5, 5.41) is 4.59. The van der Waals surface area contributed by atoms with E-state index in [1.54, 1.807) is 0 Å². The van der Waals surface area contributed by atoms with Crippen molar-refractivity contribution >= 4 is 21.8 Å². The standard InChI is InChI=1S/C17H23BrN4O/c18-15-19-11-22(20-15)17-8-12-5-13(9-17)7-16(6-12,10-17)14(23)21-3-1-2-4-21/h11-13H,1-10H2/t12-,13+,16?,17?. The Labute approximate surface area is 144 Å². The molecular weight excluding hydrogens is 356 g/mol. The Kier molecular flexibility index (Phi) is 3.02. The van der Waals surface area contributed by atoms with Crippen LogP contribution < -0.4 is 0 Å². The van der Waals surface area contributed by atoms with Crippen molar-refractivity contribution in [3.8, 4) is 0 Å². The summed E-state index contributed by atoms with van der Waals surface area (Å²) in [7, 11) is 0. The van der Waals surface area contributed by atoms with E-state index < -0.39 is 0 Å². The molecule has 0 radical (unpaired) electrons. The molecule has 2 heterocycles. The molecule has 5 fully saturated rings. The molecule has 4 aliphatic carbocycles. The lowest BCUT2D eigenvalue weighted by molar-refractivity contribution is -0.165. The van der Waals surface area contributed by atoms with Crippen molar-refractivity contribution in [2.24, 2.45) is 17.3 Å². The van der Waals surface area contributed by atoms with Crippen LogP contribution in [0.3, 0.4) is 0 Å². The fourth-order valence-electron chi connectivity index (χ4n) is 6.46. The van der Waals surface area contributed by atoms with E-state index in [4.69, 9.17) is 0 Å². The van der Waals surface area contributed by atoms with Gasteiger partial charge in [0.2, 0.25) is 10.6 Å². The number of rotatable bonds is 2. The van der Waals surface area contributed by atoms with Crippen LogP contribution in [-0.2, 0) is 10.3 Å². The van der Waals surface area contributed by atoms with Crippen molar-refractivity contribution in [2.75, 3.05) is 13.1 Å². The van der Waals surface area contributed by atoms with E-state index in [1.807, 2.05) is 6.33 Å². The molecule has 0 aromatic carbocycles. The molecular formula is C17H23BrN4O. The lowest BCUT2D eigenvalue weighted by Crippen LogP contribution is -2.61. The van der Waals surface area contributed by atoms with Gasteiger partial charge in [0.1, 0.15) is 6.33 Å². The van der Waals surface area contributed by atoms with Crippen LogP contribution in [-0.4, -0.2) is 38.7 Å². The number of amides is 1. The minimum atomic E-state index is -0.118. The molecule has 2 unspecified atom stereocenters. The van der Waals surface area contributed by atoms with Crippen molar-refractivity contribution in [1.29, 1.82) is 0 Å².